The highest BCUT2D eigenvalue weighted by Gasteiger charge is 1.96. The standard InChI is InChI=1S/C4H10BrNO2S/c1-9(7,8)6-4-2-3-5/h6H,2-4H2,1H3. The summed E-state index contributed by atoms with van der Waals surface area (Å²) in [6.45, 7) is 0.518. The lowest BCUT2D eigenvalue weighted by Gasteiger charge is -1.97. The summed E-state index contributed by atoms with van der Waals surface area (Å²) in [5, 5.41) is 0.829. The number of rotatable bonds is 4. The van der Waals surface area contributed by atoms with Crippen LogP contribution in [0.1, 0.15) is 6.42 Å². The molecule has 0 aromatic carbocycles. The molecular weight excluding hydrogens is 206 g/mol. The third-order valence-electron chi connectivity index (χ3n) is 0.675. The van der Waals surface area contributed by atoms with Crippen molar-refractivity contribution in [2.75, 3.05) is 18.1 Å². The third-order valence-corrected chi connectivity index (χ3v) is 1.96. The minimum atomic E-state index is -2.97. The van der Waals surface area contributed by atoms with Crippen LogP contribution in [0.25, 0.3) is 0 Å². The smallest absolute Gasteiger partial charge is 0.208 e. The predicted octanol–water partition coefficient (Wildman–Crippen LogP) is 0.321. The molecule has 0 rings (SSSR count). The molecule has 0 aliphatic heterocycles. The van der Waals surface area contributed by atoms with E-state index >= 15 is 0 Å². The number of halogens is 1. The summed E-state index contributed by atoms with van der Waals surface area (Å²) in [6, 6.07) is 0. The van der Waals surface area contributed by atoms with Crippen LogP contribution in [0, 0.1) is 0 Å². The van der Waals surface area contributed by atoms with E-state index in [9.17, 15) is 8.42 Å². The number of hydrogen-bond acceptors (Lipinski definition) is 2. The summed E-state index contributed by atoms with van der Waals surface area (Å²) in [5.74, 6) is 0. The lowest BCUT2D eigenvalue weighted by atomic mass is 10.5. The molecule has 0 atom stereocenters. The third kappa shape index (κ3) is 8.39. The van der Waals surface area contributed by atoms with Gasteiger partial charge in [-0.25, -0.2) is 13.1 Å². The van der Waals surface area contributed by atoms with Gasteiger partial charge in [0.15, 0.2) is 0 Å². The van der Waals surface area contributed by atoms with E-state index in [2.05, 4.69) is 20.7 Å². The Labute approximate surface area is 64.0 Å². The van der Waals surface area contributed by atoms with Crippen LogP contribution < -0.4 is 4.72 Å². The lowest BCUT2D eigenvalue weighted by molar-refractivity contribution is 0.587. The first-order valence-corrected chi connectivity index (χ1v) is 5.58. The molecule has 0 unspecified atom stereocenters. The summed E-state index contributed by atoms with van der Waals surface area (Å²) in [7, 11) is -2.97. The summed E-state index contributed by atoms with van der Waals surface area (Å²) in [5.41, 5.74) is 0. The number of hydrogen-bond donors (Lipinski definition) is 1. The Morgan fingerprint density at radius 3 is 2.44 bits per heavy atom. The molecular formula is C4H10BrNO2S. The van der Waals surface area contributed by atoms with Crippen molar-refractivity contribution in [1.29, 1.82) is 0 Å². The van der Waals surface area contributed by atoms with Crippen LogP contribution >= 0.6 is 15.9 Å². The minimum absolute atomic E-state index is 0.518. The molecule has 0 aliphatic rings. The van der Waals surface area contributed by atoms with Gasteiger partial charge in [0.05, 0.1) is 6.26 Å². The second-order valence-corrected chi connectivity index (χ2v) is 4.34. The molecule has 1 N–H and O–H groups in total. The normalized spacial score (nSPS) is 11.8. The first kappa shape index (κ1) is 9.39. The Hall–Kier alpha value is 0.390. The van der Waals surface area contributed by atoms with Crippen LogP contribution in [-0.2, 0) is 10.0 Å². The van der Waals surface area contributed by atoms with Gasteiger partial charge in [-0.1, -0.05) is 15.9 Å². The molecule has 0 heterocycles. The van der Waals surface area contributed by atoms with E-state index in [1.807, 2.05) is 0 Å². The Balaban J connectivity index is 3.30. The summed E-state index contributed by atoms with van der Waals surface area (Å²) >= 11 is 3.18. The molecule has 0 bridgehead atoms. The average Bonchev–Trinajstić information content (AvgIpc) is 1.63. The fourth-order valence-electron chi connectivity index (χ4n) is 0.324. The maximum Gasteiger partial charge on any atom is 0.208 e. The lowest BCUT2D eigenvalue weighted by Crippen LogP contribution is -2.23. The molecule has 0 aromatic heterocycles. The van der Waals surface area contributed by atoms with Gasteiger partial charge in [0.25, 0.3) is 0 Å². The molecule has 0 aromatic rings. The second-order valence-electron chi connectivity index (χ2n) is 1.71. The van der Waals surface area contributed by atoms with Gasteiger partial charge >= 0.3 is 0 Å². The Bertz CT molecular complexity index is 154. The zero-order valence-electron chi connectivity index (χ0n) is 5.22. The van der Waals surface area contributed by atoms with E-state index in [4.69, 9.17) is 0 Å². The van der Waals surface area contributed by atoms with Crippen molar-refractivity contribution in [1.82, 2.24) is 4.72 Å². The van der Waals surface area contributed by atoms with Gasteiger partial charge in [0, 0.05) is 11.9 Å². The Morgan fingerprint density at radius 1 is 1.56 bits per heavy atom. The SMILES string of the molecule is CS(=O)(=O)NCCCBr. The van der Waals surface area contributed by atoms with Crippen molar-refractivity contribution in [2.24, 2.45) is 0 Å². The second kappa shape index (κ2) is 4.24. The zero-order chi connectivity index (χ0) is 7.33. The molecule has 0 spiro atoms. The maximum absolute atomic E-state index is 10.4. The average molecular weight is 216 g/mol. The van der Waals surface area contributed by atoms with Gasteiger partial charge in [-0.05, 0) is 6.42 Å². The molecule has 0 radical (unpaired) electrons. The van der Waals surface area contributed by atoms with Gasteiger partial charge in [-0.3, -0.25) is 0 Å². The van der Waals surface area contributed by atoms with Gasteiger partial charge in [0.1, 0.15) is 0 Å². The predicted molar refractivity (Wildman–Crippen MR) is 41.3 cm³/mol. The first-order valence-electron chi connectivity index (χ1n) is 2.57. The summed E-state index contributed by atoms with van der Waals surface area (Å²) in [4.78, 5) is 0. The highest BCUT2D eigenvalue weighted by Crippen LogP contribution is 1.85. The zero-order valence-corrected chi connectivity index (χ0v) is 7.63. The van der Waals surface area contributed by atoms with Gasteiger partial charge in [-0.2, -0.15) is 0 Å². The van der Waals surface area contributed by atoms with Crippen molar-refractivity contribution in [3.63, 3.8) is 0 Å². The molecule has 5 heteroatoms. The molecule has 0 fully saturated rings. The van der Waals surface area contributed by atoms with E-state index in [-0.39, 0.29) is 0 Å². The highest BCUT2D eigenvalue weighted by atomic mass is 79.9. The van der Waals surface area contributed by atoms with Crippen LogP contribution in [0.4, 0.5) is 0 Å². The van der Waals surface area contributed by atoms with Gasteiger partial charge < -0.3 is 0 Å². The molecule has 0 amide bonds. The van der Waals surface area contributed by atoms with Crippen molar-refractivity contribution >= 4 is 26.0 Å². The molecule has 9 heavy (non-hydrogen) atoms. The first-order chi connectivity index (χ1) is 4.06. The number of sulfonamides is 1. The fraction of sp³-hybridized carbons (Fsp3) is 1.00. The van der Waals surface area contributed by atoms with Gasteiger partial charge in [-0.15, -0.1) is 0 Å². The number of alkyl halides is 1. The van der Waals surface area contributed by atoms with Crippen LogP contribution in [0.2, 0.25) is 0 Å². The van der Waals surface area contributed by atoms with Crippen molar-refractivity contribution in [2.45, 2.75) is 6.42 Å². The molecule has 3 nitrogen and oxygen atoms in total. The van der Waals surface area contributed by atoms with Crippen LogP contribution in [-0.4, -0.2) is 26.5 Å². The maximum atomic E-state index is 10.4. The molecule has 0 aliphatic carbocycles. The van der Waals surface area contributed by atoms with E-state index in [1.165, 1.54) is 0 Å². The topological polar surface area (TPSA) is 46.2 Å². The largest absolute Gasteiger partial charge is 0.215 e. The summed E-state index contributed by atoms with van der Waals surface area (Å²) < 4.78 is 23.1. The Morgan fingerprint density at radius 2 is 2.11 bits per heavy atom. The van der Waals surface area contributed by atoms with Gasteiger partial charge in [0.2, 0.25) is 10.0 Å². The van der Waals surface area contributed by atoms with Crippen LogP contribution in [0.15, 0.2) is 0 Å². The van der Waals surface area contributed by atoms with Crippen LogP contribution in [0.3, 0.4) is 0 Å². The highest BCUT2D eigenvalue weighted by molar-refractivity contribution is 9.09. The molecule has 56 valence electrons. The number of nitrogens with one attached hydrogen (secondary N) is 1. The Kier molecular flexibility index (Phi) is 4.43. The fourth-order valence-corrected chi connectivity index (χ4v) is 1.12. The van der Waals surface area contributed by atoms with Crippen molar-refractivity contribution in [3.05, 3.63) is 0 Å². The van der Waals surface area contributed by atoms with E-state index in [0.29, 0.717) is 6.54 Å². The van der Waals surface area contributed by atoms with Crippen LogP contribution in [0.5, 0.6) is 0 Å². The monoisotopic (exact) mass is 215 g/mol. The van der Waals surface area contributed by atoms with E-state index in [1.54, 1.807) is 0 Å². The molecule has 0 saturated carbocycles. The van der Waals surface area contributed by atoms with Crippen molar-refractivity contribution < 1.29 is 8.42 Å². The van der Waals surface area contributed by atoms with E-state index < -0.39 is 10.0 Å². The quantitative estimate of drug-likeness (QED) is 0.543. The van der Waals surface area contributed by atoms with Crippen molar-refractivity contribution in [3.8, 4) is 0 Å². The van der Waals surface area contributed by atoms with E-state index in [0.717, 1.165) is 18.0 Å². The minimum Gasteiger partial charge on any atom is -0.215 e. The molecule has 0 saturated heterocycles. The summed E-state index contributed by atoms with van der Waals surface area (Å²) in [6.07, 6.45) is 1.98.